The van der Waals surface area contributed by atoms with E-state index in [9.17, 15) is 4.79 Å². The number of rotatable bonds is 6. The van der Waals surface area contributed by atoms with E-state index < -0.39 is 0 Å². The van der Waals surface area contributed by atoms with E-state index in [4.69, 9.17) is 4.74 Å². The topological polar surface area (TPSA) is 26.3 Å². The molecule has 0 bridgehead atoms. The van der Waals surface area contributed by atoms with Crippen LogP contribution in [0.3, 0.4) is 0 Å². The number of carbonyl (C=O) groups excluding carboxylic acids is 1. The number of aldehydes is 1. The number of fused-ring (bicyclic) bond motifs is 1. The molecule has 2 heteroatoms. The lowest BCUT2D eigenvalue weighted by Gasteiger charge is -2.22. The predicted octanol–water partition coefficient (Wildman–Crippen LogP) is 4.22. The Morgan fingerprint density at radius 2 is 1.74 bits per heavy atom. The summed E-state index contributed by atoms with van der Waals surface area (Å²) in [4.78, 5) is 11.3. The molecule has 0 spiro atoms. The van der Waals surface area contributed by atoms with Crippen LogP contribution in [0.4, 0.5) is 0 Å². The van der Waals surface area contributed by atoms with Crippen molar-refractivity contribution >= 4 is 17.1 Å². The first kappa shape index (κ1) is 13.6. The van der Waals surface area contributed by atoms with Crippen LogP contribution in [0.5, 0.6) is 5.75 Å². The van der Waals surface area contributed by atoms with E-state index in [1.54, 1.807) is 0 Å². The number of ether oxygens (including phenoxy) is 1. The van der Waals surface area contributed by atoms with Crippen LogP contribution in [0.1, 0.15) is 26.7 Å². The van der Waals surface area contributed by atoms with Crippen molar-refractivity contribution < 1.29 is 9.53 Å². The monoisotopic (exact) mass is 256 g/mol. The Balaban J connectivity index is 2.31. The van der Waals surface area contributed by atoms with Gasteiger partial charge in [-0.15, -0.1) is 0 Å². The Morgan fingerprint density at radius 1 is 1.05 bits per heavy atom. The summed E-state index contributed by atoms with van der Waals surface area (Å²) in [5, 5.41) is 2.19. The van der Waals surface area contributed by atoms with Gasteiger partial charge in [0.15, 0.2) is 12.4 Å². The van der Waals surface area contributed by atoms with Crippen LogP contribution in [0, 0.1) is 5.92 Å². The van der Waals surface area contributed by atoms with Gasteiger partial charge in [0.25, 0.3) is 0 Å². The highest BCUT2D eigenvalue weighted by Gasteiger charge is 2.20. The van der Waals surface area contributed by atoms with Gasteiger partial charge < -0.3 is 4.74 Å². The molecule has 0 radical (unpaired) electrons. The molecule has 1 unspecified atom stereocenters. The third kappa shape index (κ3) is 2.95. The molecule has 0 aliphatic rings. The van der Waals surface area contributed by atoms with Crippen LogP contribution < -0.4 is 4.74 Å². The summed E-state index contributed by atoms with van der Waals surface area (Å²) in [6.07, 6.45) is 2.47. The first-order chi connectivity index (χ1) is 9.30. The average Bonchev–Trinajstić information content (AvgIpc) is 2.47. The molecule has 2 aromatic rings. The zero-order valence-electron chi connectivity index (χ0n) is 11.5. The molecule has 0 aromatic heterocycles. The summed E-state index contributed by atoms with van der Waals surface area (Å²) in [5.41, 5.74) is 0. The van der Waals surface area contributed by atoms with E-state index in [1.807, 2.05) is 30.3 Å². The van der Waals surface area contributed by atoms with Gasteiger partial charge >= 0.3 is 0 Å². The Labute approximate surface area is 114 Å². The van der Waals surface area contributed by atoms with Crippen LogP contribution in [-0.4, -0.2) is 12.4 Å². The summed E-state index contributed by atoms with van der Waals surface area (Å²) < 4.78 is 5.95. The Bertz CT molecular complexity index is 538. The molecular formula is C17H20O2. The third-order valence-corrected chi connectivity index (χ3v) is 3.66. The van der Waals surface area contributed by atoms with E-state index in [0.29, 0.717) is 0 Å². The number of hydrogen-bond acceptors (Lipinski definition) is 2. The quantitative estimate of drug-likeness (QED) is 0.723. The molecule has 0 N–H and O–H groups in total. The van der Waals surface area contributed by atoms with Gasteiger partial charge in [-0.25, -0.2) is 0 Å². The van der Waals surface area contributed by atoms with Crippen LogP contribution in [0.25, 0.3) is 10.8 Å². The van der Waals surface area contributed by atoms with Crippen molar-refractivity contribution in [3.8, 4) is 5.75 Å². The predicted molar refractivity (Wildman–Crippen MR) is 78.5 cm³/mol. The fourth-order valence-electron chi connectivity index (χ4n) is 2.43. The van der Waals surface area contributed by atoms with Gasteiger partial charge in [-0.3, -0.25) is 4.79 Å². The summed E-state index contributed by atoms with van der Waals surface area (Å²) in [6.45, 7) is 4.19. The van der Waals surface area contributed by atoms with Gasteiger partial charge in [0.05, 0.1) is 0 Å². The van der Waals surface area contributed by atoms with E-state index in [0.717, 1.165) is 35.6 Å². The number of benzene rings is 2. The van der Waals surface area contributed by atoms with E-state index >= 15 is 0 Å². The van der Waals surface area contributed by atoms with Gasteiger partial charge in [-0.1, -0.05) is 50.2 Å². The van der Waals surface area contributed by atoms with E-state index in [-0.39, 0.29) is 12.0 Å². The second-order valence-corrected chi connectivity index (χ2v) is 4.77. The Hall–Kier alpha value is -1.83. The molecule has 0 saturated carbocycles. The maximum atomic E-state index is 11.3. The molecule has 0 saturated heterocycles. The van der Waals surface area contributed by atoms with Gasteiger partial charge in [-0.2, -0.15) is 0 Å². The molecular weight excluding hydrogens is 236 g/mol. The second kappa shape index (κ2) is 6.37. The summed E-state index contributed by atoms with van der Waals surface area (Å²) >= 11 is 0. The second-order valence-electron chi connectivity index (χ2n) is 4.77. The van der Waals surface area contributed by atoms with Crippen LogP contribution >= 0.6 is 0 Å². The van der Waals surface area contributed by atoms with Crippen LogP contribution in [0.2, 0.25) is 0 Å². The fraction of sp³-hybridized carbons (Fsp3) is 0.353. The van der Waals surface area contributed by atoms with Crippen LogP contribution in [0.15, 0.2) is 42.5 Å². The van der Waals surface area contributed by atoms with Crippen molar-refractivity contribution in [2.75, 3.05) is 0 Å². The minimum atomic E-state index is -0.360. The molecule has 2 rings (SSSR count). The highest BCUT2D eigenvalue weighted by Crippen LogP contribution is 2.27. The SMILES string of the molecule is CCC(CC)C(C=O)Oc1cccc2ccccc12. The van der Waals surface area contributed by atoms with E-state index in [1.165, 1.54) is 0 Å². The molecule has 0 amide bonds. The smallest absolute Gasteiger partial charge is 0.160 e. The summed E-state index contributed by atoms with van der Waals surface area (Å²) in [7, 11) is 0. The van der Waals surface area contributed by atoms with Gasteiger partial charge in [-0.05, 0) is 24.3 Å². The summed E-state index contributed by atoms with van der Waals surface area (Å²) in [6, 6.07) is 14.0. The lowest BCUT2D eigenvalue weighted by Crippen LogP contribution is -2.27. The minimum Gasteiger partial charge on any atom is -0.482 e. The lowest BCUT2D eigenvalue weighted by atomic mass is 9.97. The fourth-order valence-corrected chi connectivity index (χ4v) is 2.43. The normalized spacial score (nSPS) is 12.6. The largest absolute Gasteiger partial charge is 0.482 e. The zero-order valence-corrected chi connectivity index (χ0v) is 11.5. The summed E-state index contributed by atoms with van der Waals surface area (Å²) in [5.74, 6) is 1.07. The number of hydrogen-bond donors (Lipinski definition) is 0. The van der Waals surface area contributed by atoms with Crippen molar-refractivity contribution in [1.82, 2.24) is 0 Å². The Kier molecular flexibility index (Phi) is 4.56. The van der Waals surface area contributed by atoms with Crippen molar-refractivity contribution in [3.05, 3.63) is 42.5 Å². The van der Waals surface area contributed by atoms with Crippen molar-refractivity contribution in [3.63, 3.8) is 0 Å². The highest BCUT2D eigenvalue weighted by molar-refractivity contribution is 5.88. The first-order valence-electron chi connectivity index (χ1n) is 6.89. The maximum absolute atomic E-state index is 11.3. The molecule has 1 atom stereocenters. The van der Waals surface area contributed by atoms with Crippen molar-refractivity contribution in [2.45, 2.75) is 32.8 Å². The molecule has 0 aliphatic carbocycles. The molecule has 19 heavy (non-hydrogen) atoms. The van der Waals surface area contributed by atoms with E-state index in [2.05, 4.69) is 26.0 Å². The first-order valence-corrected chi connectivity index (χ1v) is 6.89. The average molecular weight is 256 g/mol. The highest BCUT2D eigenvalue weighted by atomic mass is 16.5. The third-order valence-electron chi connectivity index (χ3n) is 3.66. The lowest BCUT2D eigenvalue weighted by molar-refractivity contribution is -0.115. The molecule has 100 valence electrons. The zero-order chi connectivity index (χ0) is 13.7. The van der Waals surface area contributed by atoms with Gasteiger partial charge in [0.2, 0.25) is 0 Å². The molecule has 0 aliphatic heterocycles. The van der Waals surface area contributed by atoms with Crippen LogP contribution in [-0.2, 0) is 4.79 Å². The molecule has 0 heterocycles. The molecule has 2 nitrogen and oxygen atoms in total. The number of carbonyl (C=O) groups is 1. The molecule has 2 aromatic carbocycles. The Morgan fingerprint density at radius 3 is 2.42 bits per heavy atom. The van der Waals surface area contributed by atoms with Gasteiger partial charge in [0, 0.05) is 11.3 Å². The molecule has 0 fully saturated rings. The van der Waals surface area contributed by atoms with Gasteiger partial charge in [0.1, 0.15) is 5.75 Å². The van der Waals surface area contributed by atoms with Crippen molar-refractivity contribution in [2.24, 2.45) is 5.92 Å². The minimum absolute atomic E-state index is 0.275. The maximum Gasteiger partial charge on any atom is 0.160 e. The standard InChI is InChI=1S/C17H20O2/c1-3-13(4-2)17(12-18)19-16-11-7-9-14-8-5-6-10-15(14)16/h5-13,17H,3-4H2,1-2H3. The van der Waals surface area contributed by atoms with Crippen molar-refractivity contribution in [1.29, 1.82) is 0 Å².